The zero-order valence-electron chi connectivity index (χ0n) is 10.2. The highest BCUT2D eigenvalue weighted by Gasteiger charge is 2.38. The van der Waals surface area contributed by atoms with Crippen molar-refractivity contribution in [2.24, 2.45) is 0 Å². The van der Waals surface area contributed by atoms with Crippen LogP contribution >= 0.6 is 0 Å². The van der Waals surface area contributed by atoms with Crippen LogP contribution in [0, 0.1) is 0 Å². The summed E-state index contributed by atoms with van der Waals surface area (Å²) in [6.45, 7) is 0. The summed E-state index contributed by atoms with van der Waals surface area (Å²) in [5.74, 6) is -2.08. The topological polar surface area (TPSA) is 79.9 Å². The van der Waals surface area contributed by atoms with Crippen LogP contribution in [0.4, 0.5) is 13.2 Å². The second kappa shape index (κ2) is 4.58. The molecule has 0 amide bonds. The molecule has 0 atom stereocenters. The second-order valence-electron chi connectivity index (χ2n) is 4.23. The van der Waals surface area contributed by atoms with E-state index in [9.17, 15) is 26.4 Å². The van der Waals surface area contributed by atoms with E-state index in [0.29, 0.717) is 5.52 Å². The number of hydrogen-bond donors (Lipinski definition) is 1. The quantitative estimate of drug-likeness (QED) is 0.935. The number of nitrogens with zero attached hydrogens (tertiary/aromatic N) is 1. The number of benzene rings is 1. The number of imidazole rings is 1. The molecule has 0 saturated carbocycles. The van der Waals surface area contributed by atoms with Crippen LogP contribution in [0.15, 0.2) is 23.1 Å². The van der Waals surface area contributed by atoms with Gasteiger partial charge in [-0.3, -0.25) is 4.79 Å². The van der Waals surface area contributed by atoms with Crippen LogP contribution in [-0.4, -0.2) is 36.6 Å². The van der Waals surface area contributed by atoms with Crippen molar-refractivity contribution in [1.29, 1.82) is 0 Å². The van der Waals surface area contributed by atoms with Gasteiger partial charge < -0.3 is 4.98 Å². The minimum atomic E-state index is -4.92. The molecule has 1 heterocycles. The highest BCUT2D eigenvalue weighted by molar-refractivity contribution is 7.90. The van der Waals surface area contributed by atoms with E-state index >= 15 is 0 Å². The number of hydrogen-bond acceptors (Lipinski definition) is 4. The lowest BCUT2D eigenvalue weighted by molar-refractivity contribution is -0.170. The summed E-state index contributed by atoms with van der Waals surface area (Å²) in [7, 11) is -3.43. The third-order valence-corrected chi connectivity index (χ3v) is 3.68. The Morgan fingerprint density at radius 2 is 2.00 bits per heavy atom. The predicted octanol–water partition coefficient (Wildman–Crippen LogP) is 1.64. The van der Waals surface area contributed by atoms with Gasteiger partial charge >= 0.3 is 6.18 Å². The average molecular weight is 306 g/mol. The molecule has 20 heavy (non-hydrogen) atoms. The molecule has 0 spiro atoms. The van der Waals surface area contributed by atoms with E-state index in [4.69, 9.17) is 0 Å². The molecule has 0 unspecified atom stereocenters. The number of H-pyrrole nitrogens is 1. The molecule has 9 heteroatoms. The Labute approximate surface area is 111 Å². The molecule has 1 aromatic carbocycles. The summed E-state index contributed by atoms with van der Waals surface area (Å²) in [6.07, 6.45) is -4.82. The van der Waals surface area contributed by atoms with Crippen molar-refractivity contribution in [1.82, 2.24) is 9.97 Å². The molecule has 0 bridgehead atoms. The number of carbonyl (C=O) groups is 1. The number of alkyl halides is 3. The molecule has 0 aliphatic carbocycles. The predicted molar refractivity (Wildman–Crippen MR) is 64.0 cm³/mol. The number of sulfone groups is 1. The number of nitrogens with one attached hydrogen (secondary N) is 1. The molecular weight excluding hydrogens is 297 g/mol. The summed E-state index contributed by atoms with van der Waals surface area (Å²) in [6, 6.07) is 3.93. The lowest BCUT2D eigenvalue weighted by Gasteiger charge is -2.01. The molecule has 5 nitrogen and oxygen atoms in total. The van der Waals surface area contributed by atoms with Crippen LogP contribution in [0.3, 0.4) is 0 Å². The normalized spacial score (nSPS) is 12.8. The minimum Gasteiger partial charge on any atom is -0.342 e. The van der Waals surface area contributed by atoms with Crippen molar-refractivity contribution in [3.63, 3.8) is 0 Å². The van der Waals surface area contributed by atoms with Gasteiger partial charge in [0.25, 0.3) is 0 Å². The van der Waals surface area contributed by atoms with Crippen molar-refractivity contribution in [2.45, 2.75) is 17.5 Å². The molecule has 2 rings (SSSR count). The number of ketones is 1. The van der Waals surface area contributed by atoms with Gasteiger partial charge in [0.2, 0.25) is 5.78 Å². The standard InChI is InChI=1S/C11H9F3N2O3S/c1-20(18,19)6-2-3-7-8(4-6)16-10(15-7)5-9(17)11(12,13)14/h2-4H,5H2,1H3,(H,15,16). The maximum absolute atomic E-state index is 12.1. The first kappa shape index (κ1) is 14.5. The van der Waals surface area contributed by atoms with Crippen LogP contribution in [0.5, 0.6) is 0 Å². The molecule has 108 valence electrons. The largest absolute Gasteiger partial charge is 0.450 e. The first-order valence-corrected chi connectivity index (χ1v) is 7.25. The van der Waals surface area contributed by atoms with Gasteiger partial charge in [0.1, 0.15) is 5.82 Å². The molecular formula is C11H9F3N2O3S. The highest BCUT2D eigenvalue weighted by Crippen LogP contribution is 2.21. The van der Waals surface area contributed by atoms with Gasteiger partial charge in [-0.05, 0) is 18.2 Å². The van der Waals surface area contributed by atoms with Crippen molar-refractivity contribution in [3.05, 3.63) is 24.0 Å². The Bertz CT molecular complexity index is 778. The number of aromatic nitrogens is 2. The van der Waals surface area contributed by atoms with Crippen molar-refractivity contribution < 1.29 is 26.4 Å². The van der Waals surface area contributed by atoms with E-state index in [1.54, 1.807) is 0 Å². The number of aromatic amines is 1. The number of carbonyl (C=O) groups excluding carboxylic acids is 1. The fraction of sp³-hybridized carbons (Fsp3) is 0.273. The van der Waals surface area contributed by atoms with Crippen LogP contribution in [0.2, 0.25) is 0 Å². The molecule has 0 radical (unpaired) electrons. The summed E-state index contributed by atoms with van der Waals surface area (Å²) < 4.78 is 59.1. The van der Waals surface area contributed by atoms with Crippen LogP contribution < -0.4 is 0 Å². The van der Waals surface area contributed by atoms with Crippen LogP contribution in [0.1, 0.15) is 5.82 Å². The number of halogens is 3. The van der Waals surface area contributed by atoms with E-state index in [0.717, 1.165) is 6.26 Å². The first-order valence-electron chi connectivity index (χ1n) is 5.36. The maximum Gasteiger partial charge on any atom is 0.450 e. The first-order chi connectivity index (χ1) is 9.07. The lowest BCUT2D eigenvalue weighted by Crippen LogP contribution is -2.24. The molecule has 0 aliphatic heterocycles. The summed E-state index contributed by atoms with van der Waals surface area (Å²) in [5.41, 5.74) is 0.556. The average Bonchev–Trinajstić information content (AvgIpc) is 2.67. The molecule has 2 aromatic rings. The Hall–Kier alpha value is -1.90. The molecule has 1 aromatic heterocycles. The van der Waals surface area contributed by atoms with Gasteiger partial charge in [0.15, 0.2) is 9.84 Å². The van der Waals surface area contributed by atoms with Crippen LogP contribution in [-0.2, 0) is 21.1 Å². The highest BCUT2D eigenvalue weighted by atomic mass is 32.2. The Kier molecular flexibility index (Phi) is 3.32. The fourth-order valence-electron chi connectivity index (χ4n) is 1.61. The number of rotatable bonds is 3. The van der Waals surface area contributed by atoms with Crippen LogP contribution in [0.25, 0.3) is 11.0 Å². The SMILES string of the molecule is CS(=O)(=O)c1ccc2nc(CC(=O)C(F)(F)F)[nH]c2c1. The molecule has 0 fully saturated rings. The van der Waals surface area contributed by atoms with Gasteiger partial charge in [-0.15, -0.1) is 0 Å². The summed E-state index contributed by atoms with van der Waals surface area (Å²) in [4.78, 5) is 17.2. The minimum absolute atomic E-state index is 0.0161. The van der Waals surface area contributed by atoms with E-state index in [2.05, 4.69) is 9.97 Å². The third kappa shape index (κ3) is 2.98. The van der Waals surface area contributed by atoms with Gasteiger partial charge in [-0.2, -0.15) is 13.2 Å². The lowest BCUT2D eigenvalue weighted by atomic mass is 10.3. The maximum atomic E-state index is 12.1. The van der Waals surface area contributed by atoms with Crippen molar-refractivity contribution in [3.8, 4) is 0 Å². The smallest absolute Gasteiger partial charge is 0.342 e. The monoisotopic (exact) mass is 306 g/mol. The van der Waals surface area contributed by atoms with E-state index in [1.165, 1.54) is 18.2 Å². The van der Waals surface area contributed by atoms with E-state index in [-0.39, 0.29) is 16.2 Å². The van der Waals surface area contributed by atoms with Crippen molar-refractivity contribution in [2.75, 3.05) is 6.26 Å². The Morgan fingerprint density at radius 3 is 2.55 bits per heavy atom. The van der Waals surface area contributed by atoms with Gasteiger partial charge in [-0.25, -0.2) is 13.4 Å². The number of fused-ring (bicyclic) bond motifs is 1. The van der Waals surface area contributed by atoms with Crippen molar-refractivity contribution >= 4 is 26.7 Å². The zero-order valence-corrected chi connectivity index (χ0v) is 11.0. The fourth-order valence-corrected chi connectivity index (χ4v) is 2.26. The van der Waals surface area contributed by atoms with E-state index < -0.39 is 28.2 Å². The molecule has 1 N–H and O–H groups in total. The third-order valence-electron chi connectivity index (χ3n) is 2.57. The number of Topliss-reactive ketones (excluding diaryl/α,β-unsaturated/α-hetero) is 1. The van der Waals surface area contributed by atoms with Gasteiger partial charge in [0.05, 0.1) is 22.3 Å². The van der Waals surface area contributed by atoms with Gasteiger partial charge in [0, 0.05) is 6.26 Å². The zero-order chi connectivity index (χ0) is 15.1. The Morgan fingerprint density at radius 1 is 1.35 bits per heavy atom. The second-order valence-corrected chi connectivity index (χ2v) is 6.25. The molecule has 0 aliphatic rings. The summed E-state index contributed by atoms with van der Waals surface area (Å²) in [5, 5.41) is 0. The van der Waals surface area contributed by atoms with Gasteiger partial charge in [-0.1, -0.05) is 0 Å². The summed E-state index contributed by atoms with van der Waals surface area (Å²) >= 11 is 0. The molecule has 0 saturated heterocycles. The Balaban J connectivity index is 2.38. The van der Waals surface area contributed by atoms with E-state index in [1.807, 2.05) is 0 Å².